The first-order valence-corrected chi connectivity index (χ1v) is 5.17. The molecule has 1 heterocycles. The van der Waals surface area contributed by atoms with E-state index < -0.39 is 0 Å². The van der Waals surface area contributed by atoms with Crippen molar-refractivity contribution in [3.05, 3.63) is 23.3 Å². The summed E-state index contributed by atoms with van der Waals surface area (Å²) >= 11 is 0. The van der Waals surface area contributed by atoms with Gasteiger partial charge in [0.1, 0.15) is 11.5 Å². The molecule has 0 saturated heterocycles. The van der Waals surface area contributed by atoms with Crippen molar-refractivity contribution in [2.45, 2.75) is 13.0 Å². The van der Waals surface area contributed by atoms with Crippen LogP contribution in [0.2, 0.25) is 0 Å². The van der Waals surface area contributed by atoms with Crippen LogP contribution in [0.5, 0.6) is 11.5 Å². The molecule has 0 amide bonds. The van der Waals surface area contributed by atoms with E-state index in [-0.39, 0.29) is 12.4 Å². The molecule has 0 radical (unpaired) electrons. The second-order valence-corrected chi connectivity index (χ2v) is 3.96. The average Bonchev–Trinajstić information content (AvgIpc) is 2.27. The highest BCUT2D eigenvalue weighted by atomic mass is 35.5. The summed E-state index contributed by atoms with van der Waals surface area (Å²) in [4.78, 5) is 2.30. The molecule has 0 atom stereocenters. The number of halogens is 1. The lowest BCUT2D eigenvalue weighted by molar-refractivity contribution is 0.300. The fourth-order valence-electron chi connectivity index (χ4n) is 2.04. The van der Waals surface area contributed by atoms with Crippen LogP contribution in [0.15, 0.2) is 12.1 Å². The van der Waals surface area contributed by atoms with E-state index in [1.807, 2.05) is 6.07 Å². The van der Waals surface area contributed by atoms with Crippen LogP contribution < -0.4 is 9.47 Å². The molecule has 1 aliphatic heterocycles. The summed E-state index contributed by atoms with van der Waals surface area (Å²) in [5, 5.41) is 0. The standard InChI is InChI=1S/C12H17NO2.ClH/c1-13-5-4-9-6-10(14-2)7-12(15-3)11(9)8-13;/h6-7H,4-5,8H2,1-3H3;1H. The van der Waals surface area contributed by atoms with Gasteiger partial charge in [-0.3, -0.25) is 0 Å². The molecule has 0 bridgehead atoms. The zero-order chi connectivity index (χ0) is 10.8. The Labute approximate surface area is 103 Å². The number of likely N-dealkylation sites (N-methyl/N-ethyl adjacent to an activating group) is 1. The van der Waals surface area contributed by atoms with Gasteiger partial charge in [0.25, 0.3) is 0 Å². The minimum absolute atomic E-state index is 0. The Morgan fingerprint density at radius 3 is 2.56 bits per heavy atom. The van der Waals surface area contributed by atoms with Crippen LogP contribution >= 0.6 is 12.4 Å². The Morgan fingerprint density at radius 1 is 1.19 bits per heavy atom. The van der Waals surface area contributed by atoms with Gasteiger partial charge in [-0.15, -0.1) is 12.4 Å². The lowest BCUT2D eigenvalue weighted by Crippen LogP contribution is -2.26. The third kappa shape index (κ3) is 2.42. The molecule has 3 nitrogen and oxygen atoms in total. The van der Waals surface area contributed by atoms with Gasteiger partial charge in [-0.2, -0.15) is 0 Å². The topological polar surface area (TPSA) is 21.7 Å². The van der Waals surface area contributed by atoms with Crippen LogP contribution in [0, 0.1) is 0 Å². The summed E-state index contributed by atoms with van der Waals surface area (Å²) in [7, 11) is 5.53. The van der Waals surface area contributed by atoms with Crippen molar-refractivity contribution in [2.75, 3.05) is 27.8 Å². The van der Waals surface area contributed by atoms with Crippen molar-refractivity contribution >= 4 is 12.4 Å². The fourth-order valence-corrected chi connectivity index (χ4v) is 2.04. The van der Waals surface area contributed by atoms with Crippen molar-refractivity contribution in [2.24, 2.45) is 0 Å². The van der Waals surface area contributed by atoms with Gasteiger partial charge in [0.2, 0.25) is 0 Å². The van der Waals surface area contributed by atoms with Crippen LogP contribution in [0.25, 0.3) is 0 Å². The quantitative estimate of drug-likeness (QED) is 0.794. The van der Waals surface area contributed by atoms with E-state index in [9.17, 15) is 0 Å². The number of rotatable bonds is 2. The van der Waals surface area contributed by atoms with Gasteiger partial charge in [0.15, 0.2) is 0 Å². The first kappa shape index (κ1) is 13.1. The number of hydrogen-bond donors (Lipinski definition) is 0. The van der Waals surface area contributed by atoms with Crippen molar-refractivity contribution in [1.29, 1.82) is 0 Å². The highest BCUT2D eigenvalue weighted by Gasteiger charge is 2.18. The number of nitrogens with zero attached hydrogens (tertiary/aromatic N) is 1. The van der Waals surface area contributed by atoms with Gasteiger partial charge in [-0.25, -0.2) is 0 Å². The zero-order valence-corrected chi connectivity index (χ0v) is 10.8. The van der Waals surface area contributed by atoms with E-state index in [1.165, 1.54) is 11.1 Å². The molecule has 0 fully saturated rings. The molecule has 0 spiro atoms. The van der Waals surface area contributed by atoms with Crippen LogP contribution in [-0.2, 0) is 13.0 Å². The fraction of sp³-hybridized carbons (Fsp3) is 0.500. The molecule has 0 aliphatic carbocycles. The number of methoxy groups -OCH3 is 2. The SMILES string of the molecule is COc1cc2c(c(OC)c1)CN(C)CC2.Cl. The summed E-state index contributed by atoms with van der Waals surface area (Å²) in [6, 6.07) is 4.07. The van der Waals surface area contributed by atoms with Crippen LogP contribution in [-0.4, -0.2) is 32.7 Å². The highest BCUT2D eigenvalue weighted by Crippen LogP contribution is 2.32. The summed E-state index contributed by atoms with van der Waals surface area (Å²) in [6.07, 6.45) is 1.07. The maximum Gasteiger partial charge on any atom is 0.127 e. The Morgan fingerprint density at radius 2 is 1.94 bits per heavy atom. The van der Waals surface area contributed by atoms with Gasteiger partial charge in [0, 0.05) is 24.7 Å². The van der Waals surface area contributed by atoms with Gasteiger partial charge in [-0.1, -0.05) is 0 Å². The van der Waals surface area contributed by atoms with Gasteiger partial charge >= 0.3 is 0 Å². The van der Waals surface area contributed by atoms with Crippen LogP contribution in [0.3, 0.4) is 0 Å². The molecule has 16 heavy (non-hydrogen) atoms. The lowest BCUT2D eigenvalue weighted by Gasteiger charge is -2.26. The third-order valence-electron chi connectivity index (χ3n) is 2.92. The molecular formula is C12H18ClNO2. The third-order valence-corrected chi connectivity index (χ3v) is 2.92. The number of ether oxygens (including phenoxy) is 2. The van der Waals surface area contributed by atoms with E-state index in [1.54, 1.807) is 14.2 Å². The molecule has 90 valence electrons. The monoisotopic (exact) mass is 243 g/mol. The zero-order valence-electron chi connectivity index (χ0n) is 9.95. The summed E-state index contributed by atoms with van der Waals surface area (Å²) < 4.78 is 10.7. The van der Waals surface area contributed by atoms with E-state index in [4.69, 9.17) is 9.47 Å². The summed E-state index contributed by atoms with van der Waals surface area (Å²) in [6.45, 7) is 2.06. The van der Waals surface area contributed by atoms with Gasteiger partial charge < -0.3 is 14.4 Å². The van der Waals surface area contributed by atoms with E-state index in [0.717, 1.165) is 31.0 Å². The molecular weight excluding hydrogens is 226 g/mol. The van der Waals surface area contributed by atoms with Crippen molar-refractivity contribution < 1.29 is 9.47 Å². The van der Waals surface area contributed by atoms with Crippen molar-refractivity contribution in [3.8, 4) is 11.5 Å². The molecule has 0 N–H and O–H groups in total. The molecule has 2 rings (SSSR count). The minimum Gasteiger partial charge on any atom is -0.497 e. The number of benzene rings is 1. The van der Waals surface area contributed by atoms with Crippen LogP contribution in [0.1, 0.15) is 11.1 Å². The summed E-state index contributed by atoms with van der Waals surface area (Å²) in [5.74, 6) is 1.83. The maximum absolute atomic E-state index is 5.40. The second kappa shape index (κ2) is 5.41. The number of hydrogen-bond acceptors (Lipinski definition) is 3. The van der Waals surface area contributed by atoms with Crippen LogP contribution in [0.4, 0.5) is 0 Å². The van der Waals surface area contributed by atoms with Crippen molar-refractivity contribution in [3.63, 3.8) is 0 Å². The molecule has 4 heteroatoms. The lowest BCUT2D eigenvalue weighted by atomic mass is 9.99. The maximum atomic E-state index is 5.40. The molecule has 0 saturated carbocycles. The largest absolute Gasteiger partial charge is 0.497 e. The molecule has 0 aromatic heterocycles. The Kier molecular flexibility index (Phi) is 4.44. The number of fused-ring (bicyclic) bond motifs is 1. The predicted molar refractivity (Wildman–Crippen MR) is 66.8 cm³/mol. The first-order valence-electron chi connectivity index (χ1n) is 5.17. The smallest absolute Gasteiger partial charge is 0.127 e. The Hall–Kier alpha value is -0.930. The van der Waals surface area contributed by atoms with Gasteiger partial charge in [-0.05, 0) is 25.1 Å². The summed E-state index contributed by atoms with van der Waals surface area (Å²) in [5.41, 5.74) is 2.65. The van der Waals surface area contributed by atoms with Crippen molar-refractivity contribution in [1.82, 2.24) is 4.90 Å². The average molecular weight is 244 g/mol. The molecule has 1 aliphatic rings. The normalized spacial score (nSPS) is 14.9. The van der Waals surface area contributed by atoms with E-state index in [2.05, 4.69) is 18.0 Å². The molecule has 0 unspecified atom stereocenters. The predicted octanol–water partition coefficient (Wildman–Crippen LogP) is 2.11. The minimum atomic E-state index is 0. The Balaban J connectivity index is 0.00000128. The van der Waals surface area contributed by atoms with E-state index in [0.29, 0.717) is 0 Å². The first-order chi connectivity index (χ1) is 7.24. The van der Waals surface area contributed by atoms with Gasteiger partial charge in [0.05, 0.1) is 14.2 Å². The Bertz CT molecular complexity index is 351. The molecule has 1 aromatic rings. The van der Waals surface area contributed by atoms with E-state index >= 15 is 0 Å². The molecule has 1 aromatic carbocycles. The second-order valence-electron chi connectivity index (χ2n) is 3.96. The highest BCUT2D eigenvalue weighted by molar-refractivity contribution is 5.85.